The van der Waals surface area contributed by atoms with Gasteiger partial charge in [0, 0.05) is 5.56 Å². The second kappa shape index (κ2) is 6.06. The molecule has 0 saturated carbocycles. The van der Waals surface area contributed by atoms with Crippen molar-refractivity contribution >= 4 is 5.90 Å². The molecule has 1 rings (SSSR count). The molecule has 0 aliphatic rings. The quantitative estimate of drug-likeness (QED) is 0.595. The Balaban J connectivity index is 2.70. The van der Waals surface area contributed by atoms with E-state index in [0.717, 1.165) is 11.3 Å². The molecule has 0 heterocycles. The standard InChI is InChI=1S/C12H17NO2/c1-3-14-11-8-6-5-7-10(11)9-12(13)15-4-2/h5-8,13H,3-4,9H2,1-2H3. The zero-order valence-electron chi connectivity index (χ0n) is 9.25. The first-order valence-corrected chi connectivity index (χ1v) is 5.18. The number of para-hydroxylation sites is 1. The normalized spacial score (nSPS) is 9.73. The maximum absolute atomic E-state index is 7.58. The van der Waals surface area contributed by atoms with Crippen LogP contribution in [0.5, 0.6) is 5.75 Å². The Morgan fingerprint density at radius 2 is 1.93 bits per heavy atom. The average Bonchev–Trinajstić information content (AvgIpc) is 2.21. The van der Waals surface area contributed by atoms with Gasteiger partial charge in [-0.25, -0.2) is 0 Å². The third-order valence-electron chi connectivity index (χ3n) is 1.94. The summed E-state index contributed by atoms with van der Waals surface area (Å²) in [5, 5.41) is 7.58. The molecule has 3 heteroatoms. The van der Waals surface area contributed by atoms with Crippen molar-refractivity contribution in [1.29, 1.82) is 5.41 Å². The highest BCUT2D eigenvalue weighted by Crippen LogP contribution is 2.18. The van der Waals surface area contributed by atoms with Gasteiger partial charge in [-0.3, -0.25) is 5.41 Å². The van der Waals surface area contributed by atoms with Gasteiger partial charge in [-0.05, 0) is 19.9 Å². The fourth-order valence-corrected chi connectivity index (χ4v) is 1.34. The van der Waals surface area contributed by atoms with E-state index in [0.29, 0.717) is 19.6 Å². The van der Waals surface area contributed by atoms with E-state index in [1.54, 1.807) is 0 Å². The van der Waals surface area contributed by atoms with Crippen molar-refractivity contribution in [2.75, 3.05) is 13.2 Å². The predicted molar refractivity (Wildman–Crippen MR) is 60.7 cm³/mol. The van der Waals surface area contributed by atoms with Crippen LogP contribution in [-0.4, -0.2) is 19.1 Å². The number of hydrogen-bond donors (Lipinski definition) is 1. The average molecular weight is 207 g/mol. The molecule has 0 bridgehead atoms. The first-order chi connectivity index (χ1) is 7.27. The van der Waals surface area contributed by atoms with E-state index in [-0.39, 0.29) is 5.90 Å². The van der Waals surface area contributed by atoms with Gasteiger partial charge in [0.25, 0.3) is 0 Å². The third kappa shape index (κ3) is 3.62. The van der Waals surface area contributed by atoms with Crippen LogP contribution in [0.4, 0.5) is 0 Å². The second-order valence-electron chi connectivity index (χ2n) is 3.07. The van der Waals surface area contributed by atoms with Crippen molar-refractivity contribution in [3.8, 4) is 5.75 Å². The van der Waals surface area contributed by atoms with Gasteiger partial charge in [-0.1, -0.05) is 18.2 Å². The first kappa shape index (κ1) is 11.6. The van der Waals surface area contributed by atoms with Crippen molar-refractivity contribution in [1.82, 2.24) is 0 Å². The predicted octanol–water partition coefficient (Wildman–Crippen LogP) is 2.64. The van der Waals surface area contributed by atoms with Gasteiger partial charge >= 0.3 is 0 Å². The van der Waals surface area contributed by atoms with E-state index in [9.17, 15) is 0 Å². The molecule has 0 radical (unpaired) electrons. The number of hydrogen-bond acceptors (Lipinski definition) is 3. The smallest absolute Gasteiger partial charge is 0.184 e. The molecule has 0 saturated heterocycles. The van der Waals surface area contributed by atoms with Crippen LogP contribution in [0.15, 0.2) is 24.3 Å². The number of nitrogens with one attached hydrogen (secondary N) is 1. The molecule has 82 valence electrons. The molecule has 1 N–H and O–H groups in total. The van der Waals surface area contributed by atoms with Crippen LogP contribution in [0.1, 0.15) is 19.4 Å². The zero-order valence-corrected chi connectivity index (χ0v) is 9.25. The van der Waals surface area contributed by atoms with Gasteiger partial charge in [0.15, 0.2) is 5.90 Å². The van der Waals surface area contributed by atoms with Crippen LogP contribution < -0.4 is 4.74 Å². The molecule has 0 aliphatic carbocycles. The Hall–Kier alpha value is -1.51. The third-order valence-corrected chi connectivity index (χ3v) is 1.94. The Labute approximate surface area is 90.5 Å². The summed E-state index contributed by atoms with van der Waals surface area (Å²) in [6.45, 7) is 5.00. The minimum Gasteiger partial charge on any atom is -0.494 e. The van der Waals surface area contributed by atoms with E-state index in [2.05, 4.69) is 0 Å². The van der Waals surface area contributed by atoms with Crippen LogP contribution in [0, 0.1) is 5.41 Å². The van der Waals surface area contributed by atoms with Crippen molar-refractivity contribution in [2.24, 2.45) is 0 Å². The number of ether oxygens (including phenoxy) is 2. The molecule has 0 amide bonds. The largest absolute Gasteiger partial charge is 0.494 e. The lowest BCUT2D eigenvalue weighted by Gasteiger charge is -2.10. The SMILES string of the molecule is CCOC(=N)Cc1ccccc1OCC. The first-order valence-electron chi connectivity index (χ1n) is 5.18. The van der Waals surface area contributed by atoms with Crippen molar-refractivity contribution in [2.45, 2.75) is 20.3 Å². The highest BCUT2D eigenvalue weighted by atomic mass is 16.5. The van der Waals surface area contributed by atoms with E-state index in [4.69, 9.17) is 14.9 Å². The molecule has 0 aromatic heterocycles. The Kier molecular flexibility index (Phi) is 4.68. The Morgan fingerprint density at radius 3 is 2.60 bits per heavy atom. The highest BCUT2D eigenvalue weighted by Gasteiger charge is 2.05. The summed E-state index contributed by atoms with van der Waals surface area (Å²) in [6, 6.07) is 7.74. The zero-order chi connectivity index (χ0) is 11.1. The van der Waals surface area contributed by atoms with Crippen molar-refractivity contribution in [3.63, 3.8) is 0 Å². The van der Waals surface area contributed by atoms with E-state index in [1.807, 2.05) is 38.1 Å². The van der Waals surface area contributed by atoms with E-state index < -0.39 is 0 Å². The lowest BCUT2D eigenvalue weighted by atomic mass is 10.1. The lowest BCUT2D eigenvalue weighted by molar-refractivity contribution is 0.313. The summed E-state index contributed by atoms with van der Waals surface area (Å²) in [5.41, 5.74) is 0.998. The maximum atomic E-state index is 7.58. The van der Waals surface area contributed by atoms with Gasteiger partial charge in [-0.15, -0.1) is 0 Å². The number of benzene rings is 1. The molecule has 1 aromatic carbocycles. The second-order valence-corrected chi connectivity index (χ2v) is 3.07. The summed E-state index contributed by atoms with van der Waals surface area (Å²) >= 11 is 0. The monoisotopic (exact) mass is 207 g/mol. The summed E-state index contributed by atoms with van der Waals surface area (Å²) in [5.74, 6) is 1.12. The number of rotatable bonds is 5. The molecule has 0 fully saturated rings. The molecule has 15 heavy (non-hydrogen) atoms. The molecular weight excluding hydrogens is 190 g/mol. The van der Waals surface area contributed by atoms with Crippen LogP contribution >= 0.6 is 0 Å². The van der Waals surface area contributed by atoms with Gasteiger partial charge in [0.2, 0.25) is 0 Å². The molecule has 0 aliphatic heterocycles. The molecule has 0 spiro atoms. The van der Waals surface area contributed by atoms with Crippen molar-refractivity contribution in [3.05, 3.63) is 29.8 Å². The summed E-state index contributed by atoms with van der Waals surface area (Å²) in [4.78, 5) is 0. The summed E-state index contributed by atoms with van der Waals surface area (Å²) in [7, 11) is 0. The Bertz CT molecular complexity index is 323. The molecular formula is C12H17NO2. The fraction of sp³-hybridized carbons (Fsp3) is 0.417. The van der Waals surface area contributed by atoms with Crippen LogP contribution in [0.3, 0.4) is 0 Å². The summed E-state index contributed by atoms with van der Waals surface area (Å²) in [6.07, 6.45) is 0.490. The topological polar surface area (TPSA) is 42.3 Å². The van der Waals surface area contributed by atoms with Gasteiger partial charge in [-0.2, -0.15) is 0 Å². The molecule has 1 aromatic rings. The van der Waals surface area contributed by atoms with Gasteiger partial charge in [0.05, 0.1) is 19.6 Å². The van der Waals surface area contributed by atoms with Crippen LogP contribution in [-0.2, 0) is 11.2 Å². The van der Waals surface area contributed by atoms with Gasteiger partial charge < -0.3 is 9.47 Å². The fourth-order valence-electron chi connectivity index (χ4n) is 1.34. The van der Waals surface area contributed by atoms with Crippen molar-refractivity contribution < 1.29 is 9.47 Å². The van der Waals surface area contributed by atoms with E-state index >= 15 is 0 Å². The van der Waals surface area contributed by atoms with Crippen LogP contribution in [0.25, 0.3) is 0 Å². The highest BCUT2D eigenvalue weighted by molar-refractivity contribution is 5.76. The van der Waals surface area contributed by atoms with Crippen LogP contribution in [0.2, 0.25) is 0 Å². The molecule has 3 nitrogen and oxygen atoms in total. The molecule has 0 unspecified atom stereocenters. The Morgan fingerprint density at radius 1 is 1.20 bits per heavy atom. The summed E-state index contributed by atoms with van der Waals surface area (Å²) < 4.78 is 10.6. The van der Waals surface area contributed by atoms with E-state index in [1.165, 1.54) is 0 Å². The molecule has 0 atom stereocenters. The maximum Gasteiger partial charge on any atom is 0.184 e. The minimum absolute atomic E-state index is 0.282. The van der Waals surface area contributed by atoms with Gasteiger partial charge in [0.1, 0.15) is 5.75 Å². The minimum atomic E-state index is 0.282. The lowest BCUT2D eigenvalue weighted by Crippen LogP contribution is -2.08.